The van der Waals surface area contributed by atoms with Crippen LogP contribution in [0.25, 0.3) is 0 Å². The number of hydrogen-bond donors (Lipinski definition) is 0. The lowest BCUT2D eigenvalue weighted by Crippen LogP contribution is -2.23. The first-order valence-electron chi connectivity index (χ1n) is 8.95. The molecule has 0 radical (unpaired) electrons. The van der Waals surface area contributed by atoms with Gasteiger partial charge < -0.3 is 18.9 Å². The Morgan fingerprint density at radius 3 is 2.20 bits per heavy atom. The summed E-state index contributed by atoms with van der Waals surface area (Å²) in [5, 5.41) is 0. The Balaban J connectivity index is 2.99. The molecule has 0 fully saturated rings. The molecule has 0 aliphatic carbocycles. The molecular formula is C21H34O4. The van der Waals surface area contributed by atoms with Crippen LogP contribution in [0, 0.1) is 0 Å². The normalized spacial score (nSPS) is 13.5. The molecule has 0 spiro atoms. The number of ether oxygens (including phenoxy) is 4. The number of rotatable bonds is 9. The summed E-state index contributed by atoms with van der Waals surface area (Å²) in [7, 11) is 1.71. The van der Waals surface area contributed by atoms with Crippen molar-refractivity contribution in [3.8, 4) is 11.5 Å². The maximum Gasteiger partial charge on any atom is 0.162 e. The van der Waals surface area contributed by atoms with Gasteiger partial charge in [-0.3, -0.25) is 0 Å². The van der Waals surface area contributed by atoms with Crippen LogP contribution in [-0.2, 0) is 9.47 Å². The molecule has 4 nitrogen and oxygen atoms in total. The Morgan fingerprint density at radius 2 is 1.68 bits per heavy atom. The zero-order valence-corrected chi connectivity index (χ0v) is 17.0. The quantitative estimate of drug-likeness (QED) is 0.538. The van der Waals surface area contributed by atoms with E-state index < -0.39 is 0 Å². The van der Waals surface area contributed by atoms with E-state index in [2.05, 4.69) is 0 Å². The van der Waals surface area contributed by atoms with Crippen molar-refractivity contribution in [1.29, 1.82) is 0 Å². The first-order chi connectivity index (χ1) is 11.6. The van der Waals surface area contributed by atoms with Crippen LogP contribution >= 0.6 is 0 Å². The fourth-order valence-corrected chi connectivity index (χ4v) is 2.25. The minimum absolute atomic E-state index is 0.0646. The minimum atomic E-state index is -0.284. The first kappa shape index (κ1) is 21.4. The van der Waals surface area contributed by atoms with Crippen molar-refractivity contribution >= 4 is 0 Å². The third kappa shape index (κ3) is 8.30. The summed E-state index contributed by atoms with van der Waals surface area (Å²) in [6, 6.07) is 5.99. The van der Waals surface area contributed by atoms with Crippen LogP contribution in [0.3, 0.4) is 0 Å². The van der Waals surface area contributed by atoms with E-state index in [0.29, 0.717) is 0 Å². The molecule has 0 bridgehead atoms. The molecule has 0 aliphatic heterocycles. The van der Waals surface area contributed by atoms with Crippen LogP contribution in [0.5, 0.6) is 11.5 Å². The molecular weight excluding hydrogens is 316 g/mol. The highest BCUT2D eigenvalue weighted by atomic mass is 16.5. The van der Waals surface area contributed by atoms with Gasteiger partial charge in [0, 0.05) is 7.11 Å². The molecule has 142 valence electrons. The summed E-state index contributed by atoms with van der Waals surface area (Å²) in [6.45, 7) is 14.1. The van der Waals surface area contributed by atoms with Gasteiger partial charge in [-0.15, -0.1) is 0 Å². The highest BCUT2D eigenvalue weighted by Crippen LogP contribution is 2.35. The molecule has 0 saturated carbocycles. The van der Waals surface area contributed by atoms with Crippen LogP contribution in [0.1, 0.15) is 66.6 Å². The lowest BCUT2D eigenvalue weighted by atomic mass is 10.1. The number of methoxy groups -OCH3 is 1. The van der Waals surface area contributed by atoms with Crippen LogP contribution in [0.15, 0.2) is 30.5 Å². The zero-order chi connectivity index (χ0) is 19.0. The van der Waals surface area contributed by atoms with Crippen molar-refractivity contribution in [2.75, 3.05) is 7.11 Å². The van der Waals surface area contributed by atoms with Crippen LogP contribution in [0.4, 0.5) is 0 Å². The van der Waals surface area contributed by atoms with Gasteiger partial charge in [0.15, 0.2) is 11.5 Å². The summed E-state index contributed by atoms with van der Waals surface area (Å²) in [4.78, 5) is 0. The van der Waals surface area contributed by atoms with Crippen molar-refractivity contribution in [1.82, 2.24) is 0 Å². The second kappa shape index (κ2) is 9.71. The van der Waals surface area contributed by atoms with Crippen molar-refractivity contribution in [2.24, 2.45) is 0 Å². The molecule has 1 aromatic carbocycles. The van der Waals surface area contributed by atoms with Gasteiger partial charge in [0.1, 0.15) is 5.60 Å². The van der Waals surface area contributed by atoms with Crippen LogP contribution in [-0.4, -0.2) is 24.9 Å². The van der Waals surface area contributed by atoms with Gasteiger partial charge in [-0.25, -0.2) is 0 Å². The third-order valence-electron chi connectivity index (χ3n) is 3.20. The molecule has 1 unspecified atom stereocenters. The Labute approximate surface area is 153 Å². The van der Waals surface area contributed by atoms with Gasteiger partial charge in [0.05, 0.1) is 24.6 Å². The highest BCUT2D eigenvalue weighted by Gasteiger charge is 2.19. The van der Waals surface area contributed by atoms with Crippen molar-refractivity contribution in [3.63, 3.8) is 0 Å². The summed E-state index contributed by atoms with van der Waals surface area (Å²) in [5.41, 5.74) is 0.766. The molecule has 25 heavy (non-hydrogen) atoms. The van der Waals surface area contributed by atoms with E-state index in [4.69, 9.17) is 18.9 Å². The Bertz CT molecular complexity index is 541. The Hall–Kier alpha value is -1.68. The molecule has 0 aromatic heterocycles. The van der Waals surface area contributed by atoms with E-state index >= 15 is 0 Å². The largest absolute Gasteiger partial charge is 0.499 e. The number of hydrogen-bond acceptors (Lipinski definition) is 4. The molecule has 4 heteroatoms. The summed E-state index contributed by atoms with van der Waals surface area (Å²) >= 11 is 0. The fourth-order valence-electron chi connectivity index (χ4n) is 2.25. The molecule has 1 atom stereocenters. The molecule has 0 N–H and O–H groups in total. The van der Waals surface area contributed by atoms with E-state index in [-0.39, 0.29) is 23.9 Å². The second-order valence-corrected chi connectivity index (χ2v) is 7.60. The van der Waals surface area contributed by atoms with Gasteiger partial charge in [0.25, 0.3) is 0 Å². The lowest BCUT2D eigenvalue weighted by molar-refractivity contribution is 0.102. The molecule has 1 aromatic rings. The predicted octanol–water partition coefficient (Wildman–Crippen LogP) is 5.67. The molecule has 0 saturated heterocycles. The van der Waals surface area contributed by atoms with Gasteiger partial charge in [-0.2, -0.15) is 0 Å². The lowest BCUT2D eigenvalue weighted by Gasteiger charge is -2.25. The van der Waals surface area contributed by atoms with Crippen molar-refractivity contribution in [3.05, 3.63) is 36.1 Å². The van der Waals surface area contributed by atoms with Gasteiger partial charge >= 0.3 is 0 Å². The van der Waals surface area contributed by atoms with E-state index in [1.807, 2.05) is 72.7 Å². The summed E-state index contributed by atoms with van der Waals surface area (Å²) in [6.07, 6.45) is 4.63. The first-order valence-corrected chi connectivity index (χ1v) is 8.95. The van der Waals surface area contributed by atoms with Crippen molar-refractivity contribution in [2.45, 2.75) is 78.8 Å². The minimum Gasteiger partial charge on any atom is -0.499 e. The fraction of sp³-hybridized carbons (Fsp3) is 0.619. The summed E-state index contributed by atoms with van der Waals surface area (Å²) < 4.78 is 23.1. The SMILES string of the molecule is COC(C/C=C/OC(C)C)c1ccc(OC(C)(C)C)c(OC(C)C)c1. The van der Waals surface area contributed by atoms with E-state index in [1.165, 1.54) is 0 Å². The van der Waals surface area contributed by atoms with E-state index in [0.717, 1.165) is 23.5 Å². The smallest absolute Gasteiger partial charge is 0.162 e. The molecule has 0 heterocycles. The summed E-state index contributed by atoms with van der Waals surface area (Å²) in [5.74, 6) is 1.49. The Kier molecular flexibility index (Phi) is 8.30. The number of benzene rings is 1. The monoisotopic (exact) mass is 350 g/mol. The van der Waals surface area contributed by atoms with Gasteiger partial charge in [-0.1, -0.05) is 6.07 Å². The standard InChI is InChI=1S/C21H34O4/c1-15(2)23-13-9-10-18(22-8)17-11-12-19(25-21(5,6)7)20(14-17)24-16(3)4/h9,11-16,18H,10H2,1-8H3/b13-9+. The van der Waals surface area contributed by atoms with E-state index in [1.54, 1.807) is 13.4 Å². The zero-order valence-electron chi connectivity index (χ0n) is 17.0. The average molecular weight is 350 g/mol. The predicted molar refractivity (Wildman–Crippen MR) is 102 cm³/mol. The van der Waals surface area contributed by atoms with Crippen molar-refractivity contribution < 1.29 is 18.9 Å². The Morgan fingerprint density at radius 1 is 1.00 bits per heavy atom. The average Bonchev–Trinajstić information content (AvgIpc) is 2.47. The van der Waals surface area contributed by atoms with Gasteiger partial charge in [0.2, 0.25) is 0 Å². The van der Waals surface area contributed by atoms with Crippen LogP contribution < -0.4 is 9.47 Å². The molecule has 1 rings (SSSR count). The second-order valence-electron chi connectivity index (χ2n) is 7.60. The third-order valence-corrected chi connectivity index (χ3v) is 3.20. The molecule has 0 aliphatic rings. The molecule has 0 amide bonds. The topological polar surface area (TPSA) is 36.9 Å². The maximum absolute atomic E-state index is 6.03. The van der Waals surface area contributed by atoms with E-state index in [9.17, 15) is 0 Å². The maximum atomic E-state index is 6.03. The highest BCUT2D eigenvalue weighted by molar-refractivity contribution is 5.44. The van der Waals surface area contributed by atoms with Crippen LogP contribution in [0.2, 0.25) is 0 Å². The van der Waals surface area contributed by atoms with Gasteiger partial charge in [-0.05, 0) is 78.7 Å².